The minimum Gasteiger partial charge on any atom is -0.346 e. The van der Waals surface area contributed by atoms with E-state index in [-0.39, 0.29) is 0 Å². The molecule has 1 aromatic carbocycles. The number of nitrogens with zero attached hydrogens (tertiary/aromatic N) is 2. The lowest BCUT2D eigenvalue weighted by molar-refractivity contribution is -0.660. The van der Waals surface area contributed by atoms with Crippen molar-refractivity contribution in [3.8, 4) is 0 Å². The highest BCUT2D eigenvalue weighted by atomic mass is 32.1. The van der Waals surface area contributed by atoms with Crippen LogP contribution in [-0.4, -0.2) is 28.6 Å². The number of anilines is 1. The molecule has 0 aliphatic carbocycles. The van der Waals surface area contributed by atoms with Gasteiger partial charge in [0.05, 0.1) is 11.4 Å². The Bertz CT molecular complexity index is 766. The quantitative estimate of drug-likeness (QED) is 0.853. The Balaban J connectivity index is 1.84. The molecule has 0 unspecified atom stereocenters. The Morgan fingerprint density at radius 3 is 2.87 bits per heavy atom. The fourth-order valence-electron chi connectivity index (χ4n) is 3.85. The van der Waals surface area contributed by atoms with Crippen molar-refractivity contribution < 1.29 is 9.68 Å². The van der Waals surface area contributed by atoms with Crippen molar-refractivity contribution in [3.05, 3.63) is 51.7 Å². The molecule has 2 aliphatic rings. The second kappa shape index (κ2) is 5.46. The molecule has 0 radical (unpaired) electrons. The van der Waals surface area contributed by atoms with Gasteiger partial charge in [-0.05, 0) is 55.3 Å². The van der Waals surface area contributed by atoms with Crippen LogP contribution in [0.25, 0.3) is 0 Å². The zero-order chi connectivity index (χ0) is 16.0. The first-order chi connectivity index (χ1) is 11.1. The number of aryl methyl sites for hydroxylation is 2. The highest BCUT2D eigenvalue weighted by Gasteiger charge is 2.53. The molecule has 4 rings (SSSR count). The van der Waals surface area contributed by atoms with Gasteiger partial charge in [0.15, 0.2) is 6.54 Å². The van der Waals surface area contributed by atoms with Crippen LogP contribution in [0.2, 0.25) is 0 Å². The lowest BCUT2D eigenvalue weighted by Crippen LogP contribution is -2.40. The van der Waals surface area contributed by atoms with E-state index in [4.69, 9.17) is 0 Å². The van der Waals surface area contributed by atoms with Gasteiger partial charge in [-0.1, -0.05) is 18.2 Å². The molecule has 2 aliphatic heterocycles. The summed E-state index contributed by atoms with van der Waals surface area (Å²) in [6.45, 7) is 5.84. The van der Waals surface area contributed by atoms with Crippen molar-refractivity contribution in [3.63, 3.8) is 0 Å². The molecule has 1 atom stereocenters. The Morgan fingerprint density at radius 2 is 2.09 bits per heavy atom. The molecule has 2 aromatic rings. The van der Waals surface area contributed by atoms with E-state index < -0.39 is 5.72 Å². The first kappa shape index (κ1) is 14.9. The number of amidine groups is 1. The molecule has 0 fully saturated rings. The van der Waals surface area contributed by atoms with E-state index in [0.717, 1.165) is 24.3 Å². The summed E-state index contributed by atoms with van der Waals surface area (Å²) in [5.74, 6) is 1.28. The predicted octanol–water partition coefficient (Wildman–Crippen LogP) is 3.63. The topological polar surface area (TPSA) is 26.5 Å². The maximum absolute atomic E-state index is 11.5. The summed E-state index contributed by atoms with van der Waals surface area (Å²) in [5.41, 5.74) is 2.88. The zero-order valence-electron chi connectivity index (χ0n) is 13.7. The maximum atomic E-state index is 11.5. The van der Waals surface area contributed by atoms with Crippen LogP contribution in [-0.2, 0) is 5.72 Å². The van der Waals surface area contributed by atoms with E-state index in [9.17, 15) is 5.11 Å². The minimum atomic E-state index is -0.889. The van der Waals surface area contributed by atoms with Gasteiger partial charge in [0.2, 0.25) is 0 Å². The van der Waals surface area contributed by atoms with Crippen LogP contribution in [0.4, 0.5) is 5.69 Å². The summed E-state index contributed by atoms with van der Waals surface area (Å²) < 4.78 is 2.24. The predicted molar refractivity (Wildman–Crippen MR) is 95.5 cm³/mol. The lowest BCUT2D eigenvalue weighted by atomic mass is 10.1. The Morgan fingerprint density at radius 1 is 1.22 bits per heavy atom. The average Bonchev–Trinajstić information content (AvgIpc) is 3.18. The number of aliphatic hydroxyl groups is 1. The highest BCUT2D eigenvalue weighted by Crippen LogP contribution is 2.38. The van der Waals surface area contributed by atoms with E-state index >= 15 is 0 Å². The largest absolute Gasteiger partial charge is 0.346 e. The minimum absolute atomic E-state index is 0.618. The second-order valence-electron chi connectivity index (χ2n) is 6.69. The van der Waals surface area contributed by atoms with Crippen LogP contribution < -0.4 is 4.90 Å². The van der Waals surface area contributed by atoms with Crippen LogP contribution in [0.5, 0.6) is 0 Å². The molecule has 1 aromatic heterocycles. The summed E-state index contributed by atoms with van der Waals surface area (Å²) in [6.07, 6.45) is 3.40. The van der Waals surface area contributed by atoms with Crippen molar-refractivity contribution >= 4 is 22.9 Å². The SMILES string of the molecule is Cc1ccc(C)c(N2C[C@](O)(c3cccs3)[N+]3=C2CCCC3)c1. The summed E-state index contributed by atoms with van der Waals surface area (Å²) in [6, 6.07) is 10.7. The summed E-state index contributed by atoms with van der Waals surface area (Å²) in [4.78, 5) is 3.39. The van der Waals surface area contributed by atoms with Crippen LogP contribution in [0.3, 0.4) is 0 Å². The number of hydrogen-bond acceptors (Lipinski definition) is 3. The van der Waals surface area contributed by atoms with Crippen molar-refractivity contribution in [2.45, 2.75) is 38.8 Å². The van der Waals surface area contributed by atoms with Gasteiger partial charge in [0.25, 0.3) is 11.6 Å². The first-order valence-electron chi connectivity index (χ1n) is 8.34. The molecule has 0 amide bonds. The fraction of sp³-hybridized carbons (Fsp3) is 0.421. The van der Waals surface area contributed by atoms with E-state index in [0.29, 0.717) is 6.54 Å². The molecule has 0 bridgehead atoms. The lowest BCUT2D eigenvalue weighted by Gasteiger charge is -2.22. The molecule has 23 heavy (non-hydrogen) atoms. The highest BCUT2D eigenvalue weighted by molar-refractivity contribution is 7.10. The van der Waals surface area contributed by atoms with E-state index in [1.165, 1.54) is 29.1 Å². The van der Waals surface area contributed by atoms with Crippen LogP contribution in [0, 0.1) is 13.8 Å². The number of rotatable bonds is 2. The molecule has 3 nitrogen and oxygen atoms in total. The second-order valence-corrected chi connectivity index (χ2v) is 7.64. The molecular formula is C19H23N2OS+. The molecule has 0 saturated carbocycles. The van der Waals surface area contributed by atoms with Gasteiger partial charge in [0, 0.05) is 6.42 Å². The Labute approximate surface area is 141 Å². The molecule has 4 heteroatoms. The number of hydrogen-bond donors (Lipinski definition) is 1. The van der Waals surface area contributed by atoms with Gasteiger partial charge in [0.1, 0.15) is 5.69 Å². The van der Waals surface area contributed by atoms with Crippen LogP contribution in [0.1, 0.15) is 35.3 Å². The molecule has 0 spiro atoms. The van der Waals surface area contributed by atoms with Crippen molar-refractivity contribution in [1.82, 2.24) is 0 Å². The molecule has 3 heterocycles. The van der Waals surface area contributed by atoms with E-state index in [1.807, 2.05) is 6.07 Å². The molecular weight excluding hydrogens is 304 g/mol. The smallest absolute Gasteiger partial charge is 0.280 e. The third-order valence-electron chi connectivity index (χ3n) is 5.05. The Kier molecular flexibility index (Phi) is 3.54. The van der Waals surface area contributed by atoms with E-state index in [2.05, 4.69) is 53.0 Å². The van der Waals surface area contributed by atoms with Gasteiger partial charge in [-0.2, -0.15) is 0 Å². The third kappa shape index (κ3) is 2.32. The standard InChI is InChI=1S/C19H23N2OS/c1-14-8-9-15(2)16(12-14)20-13-19(22,17-6-5-11-23-17)21-10-4-3-7-18(20)21/h5-6,8-9,11-12,22H,3-4,7,10,13H2,1-2H3/q+1/t19-/m0/s1. The maximum Gasteiger partial charge on any atom is 0.280 e. The molecule has 0 saturated heterocycles. The van der Waals surface area contributed by atoms with Gasteiger partial charge in [-0.25, -0.2) is 9.48 Å². The Hall–Kier alpha value is -1.65. The van der Waals surface area contributed by atoms with Gasteiger partial charge < -0.3 is 5.11 Å². The van der Waals surface area contributed by atoms with Crippen LogP contribution >= 0.6 is 11.3 Å². The fourth-order valence-corrected chi connectivity index (χ4v) is 4.67. The summed E-state index contributed by atoms with van der Waals surface area (Å²) in [7, 11) is 0. The average molecular weight is 327 g/mol. The van der Waals surface area contributed by atoms with Crippen molar-refractivity contribution in [2.24, 2.45) is 0 Å². The number of benzene rings is 1. The third-order valence-corrected chi connectivity index (χ3v) is 6.06. The van der Waals surface area contributed by atoms with Gasteiger partial charge in [-0.3, -0.25) is 0 Å². The molecule has 120 valence electrons. The van der Waals surface area contributed by atoms with Crippen molar-refractivity contribution in [2.75, 3.05) is 18.0 Å². The zero-order valence-corrected chi connectivity index (χ0v) is 14.6. The van der Waals surface area contributed by atoms with Crippen molar-refractivity contribution in [1.29, 1.82) is 0 Å². The normalized spacial score (nSPS) is 24.2. The number of β-amino-alcohol motifs (C(OH)–C–C–N with tert-alkyl or cyclic N) is 1. The first-order valence-corrected chi connectivity index (χ1v) is 9.22. The number of thiophene rings is 1. The van der Waals surface area contributed by atoms with Gasteiger partial charge >= 0.3 is 0 Å². The van der Waals surface area contributed by atoms with Crippen LogP contribution in [0.15, 0.2) is 35.7 Å². The summed E-state index contributed by atoms with van der Waals surface area (Å²) in [5, 5.41) is 13.6. The van der Waals surface area contributed by atoms with Gasteiger partial charge in [-0.15, -0.1) is 11.3 Å². The van der Waals surface area contributed by atoms with E-state index in [1.54, 1.807) is 11.3 Å². The summed E-state index contributed by atoms with van der Waals surface area (Å²) >= 11 is 1.65. The monoisotopic (exact) mass is 327 g/mol. The molecule has 1 N–H and O–H groups in total.